The number of hydrogen-bond donors (Lipinski definition) is 2. The van der Waals surface area contributed by atoms with E-state index in [1.54, 1.807) is 28.3 Å². The van der Waals surface area contributed by atoms with E-state index in [2.05, 4.69) is 5.32 Å². The van der Waals surface area contributed by atoms with Crippen molar-refractivity contribution in [3.63, 3.8) is 0 Å². The summed E-state index contributed by atoms with van der Waals surface area (Å²) < 4.78 is 14.9. The molecule has 1 atom stereocenters. The standard InChI is InChI=1S/C10H23NO4/c1-10(12,5-6-13-2)8-11-7-9(14-3)15-4/h9,11-12H,5-8H2,1-4H3. The van der Waals surface area contributed by atoms with Crippen LogP contribution in [-0.2, 0) is 14.2 Å². The Labute approximate surface area is 91.7 Å². The van der Waals surface area contributed by atoms with Gasteiger partial charge in [-0.3, -0.25) is 0 Å². The molecular weight excluding hydrogens is 198 g/mol. The monoisotopic (exact) mass is 221 g/mol. The molecule has 0 aromatic rings. The van der Waals surface area contributed by atoms with Crippen LogP contribution in [0.3, 0.4) is 0 Å². The lowest BCUT2D eigenvalue weighted by molar-refractivity contribution is -0.101. The van der Waals surface area contributed by atoms with Gasteiger partial charge in [0.15, 0.2) is 6.29 Å². The molecule has 0 aliphatic rings. The summed E-state index contributed by atoms with van der Waals surface area (Å²) in [6, 6.07) is 0. The number of ether oxygens (including phenoxy) is 3. The van der Waals surface area contributed by atoms with Crippen LogP contribution in [0.1, 0.15) is 13.3 Å². The predicted octanol–water partition coefficient (Wildman–Crippen LogP) is -0.0176. The van der Waals surface area contributed by atoms with Gasteiger partial charge in [-0.1, -0.05) is 0 Å². The maximum Gasteiger partial charge on any atom is 0.169 e. The molecule has 15 heavy (non-hydrogen) atoms. The van der Waals surface area contributed by atoms with Crippen molar-refractivity contribution in [2.75, 3.05) is 41.0 Å². The van der Waals surface area contributed by atoms with Crippen LogP contribution < -0.4 is 5.32 Å². The van der Waals surface area contributed by atoms with Crippen molar-refractivity contribution in [1.82, 2.24) is 5.32 Å². The minimum absolute atomic E-state index is 0.275. The molecule has 92 valence electrons. The molecule has 1 unspecified atom stereocenters. The molecule has 0 fully saturated rings. The van der Waals surface area contributed by atoms with Gasteiger partial charge < -0.3 is 24.6 Å². The molecule has 0 heterocycles. The molecule has 0 saturated carbocycles. The third kappa shape index (κ3) is 7.70. The Morgan fingerprint density at radius 1 is 1.27 bits per heavy atom. The molecule has 0 amide bonds. The second-order valence-corrected chi connectivity index (χ2v) is 3.77. The first-order chi connectivity index (χ1) is 7.05. The fourth-order valence-electron chi connectivity index (χ4n) is 1.13. The number of methoxy groups -OCH3 is 3. The Morgan fingerprint density at radius 2 is 1.87 bits per heavy atom. The average Bonchev–Trinajstić information content (AvgIpc) is 2.22. The molecule has 0 bridgehead atoms. The summed E-state index contributed by atoms with van der Waals surface area (Å²) in [5.41, 5.74) is -0.762. The first-order valence-electron chi connectivity index (χ1n) is 5.03. The van der Waals surface area contributed by atoms with Crippen molar-refractivity contribution in [1.29, 1.82) is 0 Å². The van der Waals surface area contributed by atoms with E-state index in [0.29, 0.717) is 26.1 Å². The first-order valence-corrected chi connectivity index (χ1v) is 5.03. The van der Waals surface area contributed by atoms with Crippen molar-refractivity contribution >= 4 is 0 Å². The van der Waals surface area contributed by atoms with E-state index in [1.807, 2.05) is 0 Å². The van der Waals surface area contributed by atoms with Gasteiger partial charge in [0.05, 0.1) is 5.60 Å². The molecule has 5 heteroatoms. The minimum atomic E-state index is -0.762. The Morgan fingerprint density at radius 3 is 2.33 bits per heavy atom. The topological polar surface area (TPSA) is 60.0 Å². The van der Waals surface area contributed by atoms with E-state index in [1.165, 1.54) is 0 Å². The third-order valence-electron chi connectivity index (χ3n) is 2.19. The second-order valence-electron chi connectivity index (χ2n) is 3.77. The summed E-state index contributed by atoms with van der Waals surface area (Å²) in [4.78, 5) is 0. The first kappa shape index (κ1) is 14.8. The molecule has 0 aliphatic carbocycles. The number of rotatable bonds is 9. The summed E-state index contributed by atoms with van der Waals surface area (Å²) in [7, 11) is 4.78. The van der Waals surface area contributed by atoms with Gasteiger partial charge >= 0.3 is 0 Å². The van der Waals surface area contributed by atoms with Gasteiger partial charge in [-0.05, 0) is 6.92 Å². The highest BCUT2D eigenvalue weighted by Gasteiger charge is 2.19. The maximum atomic E-state index is 9.88. The largest absolute Gasteiger partial charge is 0.389 e. The lowest BCUT2D eigenvalue weighted by atomic mass is 10.0. The van der Waals surface area contributed by atoms with Gasteiger partial charge in [0.1, 0.15) is 0 Å². The number of hydrogen-bond acceptors (Lipinski definition) is 5. The Hall–Kier alpha value is -0.200. The summed E-state index contributed by atoms with van der Waals surface area (Å²) in [5, 5.41) is 13.0. The van der Waals surface area contributed by atoms with Gasteiger partial charge in [0.2, 0.25) is 0 Å². The quantitative estimate of drug-likeness (QED) is 0.536. The predicted molar refractivity (Wildman–Crippen MR) is 57.8 cm³/mol. The summed E-state index contributed by atoms with van der Waals surface area (Å²) in [6.07, 6.45) is 0.324. The van der Waals surface area contributed by atoms with Gasteiger partial charge in [-0.15, -0.1) is 0 Å². The molecule has 5 nitrogen and oxygen atoms in total. The molecule has 0 aromatic heterocycles. The van der Waals surface area contributed by atoms with E-state index in [4.69, 9.17) is 14.2 Å². The molecular formula is C10H23NO4. The molecule has 2 N–H and O–H groups in total. The molecule has 0 rings (SSSR count). The molecule has 0 radical (unpaired) electrons. The summed E-state index contributed by atoms with van der Waals surface area (Å²) in [5.74, 6) is 0. The van der Waals surface area contributed by atoms with Crippen LogP contribution in [-0.4, -0.2) is 58.0 Å². The van der Waals surface area contributed by atoms with Crippen LogP contribution in [0.15, 0.2) is 0 Å². The normalized spacial score (nSPS) is 15.6. The summed E-state index contributed by atoms with van der Waals surface area (Å²) >= 11 is 0. The second kappa shape index (κ2) is 8.01. The minimum Gasteiger partial charge on any atom is -0.389 e. The van der Waals surface area contributed by atoms with Crippen LogP contribution in [0.4, 0.5) is 0 Å². The van der Waals surface area contributed by atoms with Gasteiger partial charge in [0, 0.05) is 47.4 Å². The smallest absolute Gasteiger partial charge is 0.169 e. The molecule has 0 aromatic carbocycles. The van der Waals surface area contributed by atoms with E-state index in [0.717, 1.165) is 0 Å². The Balaban J connectivity index is 3.63. The third-order valence-corrected chi connectivity index (χ3v) is 2.19. The zero-order chi connectivity index (χ0) is 11.7. The van der Waals surface area contributed by atoms with Crippen LogP contribution in [0.25, 0.3) is 0 Å². The van der Waals surface area contributed by atoms with Crippen molar-refractivity contribution in [3.05, 3.63) is 0 Å². The van der Waals surface area contributed by atoms with Crippen molar-refractivity contribution in [2.45, 2.75) is 25.2 Å². The fourth-order valence-corrected chi connectivity index (χ4v) is 1.13. The van der Waals surface area contributed by atoms with Gasteiger partial charge in [-0.25, -0.2) is 0 Å². The van der Waals surface area contributed by atoms with Gasteiger partial charge in [0.25, 0.3) is 0 Å². The fraction of sp³-hybridized carbons (Fsp3) is 1.00. The van der Waals surface area contributed by atoms with Crippen molar-refractivity contribution in [3.8, 4) is 0 Å². The van der Waals surface area contributed by atoms with Crippen LogP contribution >= 0.6 is 0 Å². The highest BCUT2D eigenvalue weighted by Crippen LogP contribution is 2.07. The van der Waals surface area contributed by atoms with Crippen LogP contribution in [0.2, 0.25) is 0 Å². The van der Waals surface area contributed by atoms with Crippen LogP contribution in [0.5, 0.6) is 0 Å². The Kier molecular flexibility index (Phi) is 7.90. The highest BCUT2D eigenvalue weighted by molar-refractivity contribution is 4.75. The lowest BCUT2D eigenvalue weighted by Crippen LogP contribution is -2.42. The van der Waals surface area contributed by atoms with Crippen LogP contribution in [0, 0.1) is 0 Å². The van der Waals surface area contributed by atoms with Gasteiger partial charge in [-0.2, -0.15) is 0 Å². The molecule has 0 spiro atoms. The average molecular weight is 221 g/mol. The molecule has 0 saturated heterocycles. The van der Waals surface area contributed by atoms with E-state index < -0.39 is 5.60 Å². The summed E-state index contributed by atoms with van der Waals surface area (Å²) in [6.45, 7) is 3.36. The van der Waals surface area contributed by atoms with E-state index in [9.17, 15) is 5.11 Å². The highest BCUT2D eigenvalue weighted by atomic mass is 16.7. The zero-order valence-electron chi connectivity index (χ0n) is 10.1. The maximum absolute atomic E-state index is 9.88. The Bertz CT molecular complexity index is 148. The van der Waals surface area contributed by atoms with Crippen molar-refractivity contribution < 1.29 is 19.3 Å². The van der Waals surface area contributed by atoms with Crippen molar-refractivity contribution in [2.24, 2.45) is 0 Å². The van der Waals surface area contributed by atoms with E-state index in [-0.39, 0.29) is 6.29 Å². The van der Waals surface area contributed by atoms with E-state index >= 15 is 0 Å². The number of nitrogens with one attached hydrogen (secondary N) is 1. The number of aliphatic hydroxyl groups is 1. The lowest BCUT2D eigenvalue weighted by Gasteiger charge is -2.24. The zero-order valence-corrected chi connectivity index (χ0v) is 10.1. The molecule has 0 aliphatic heterocycles. The SMILES string of the molecule is COCCC(C)(O)CNCC(OC)OC.